The van der Waals surface area contributed by atoms with E-state index in [1.54, 1.807) is 4.90 Å². The summed E-state index contributed by atoms with van der Waals surface area (Å²) in [6, 6.07) is 17.5. The van der Waals surface area contributed by atoms with Crippen LogP contribution in [0.4, 0.5) is 4.79 Å². The molecule has 0 radical (unpaired) electrons. The fraction of sp³-hybridized carbons (Fsp3) is 0.435. The lowest BCUT2D eigenvalue weighted by molar-refractivity contribution is -0.0897. The zero-order valence-electron chi connectivity index (χ0n) is 16.9. The van der Waals surface area contributed by atoms with Gasteiger partial charge in [0.05, 0.1) is 6.61 Å². The van der Waals surface area contributed by atoms with Crippen molar-refractivity contribution in [2.24, 2.45) is 0 Å². The molecule has 0 aromatic heterocycles. The molecule has 28 heavy (non-hydrogen) atoms. The molecule has 1 heterocycles. The van der Waals surface area contributed by atoms with Crippen LogP contribution in [0.15, 0.2) is 54.6 Å². The highest BCUT2D eigenvalue weighted by Gasteiger charge is 2.31. The van der Waals surface area contributed by atoms with Gasteiger partial charge in [0.2, 0.25) is 0 Å². The summed E-state index contributed by atoms with van der Waals surface area (Å²) in [7, 11) is 0. The summed E-state index contributed by atoms with van der Waals surface area (Å²) >= 11 is 0. The Morgan fingerprint density at radius 2 is 1.68 bits per heavy atom. The van der Waals surface area contributed by atoms with Gasteiger partial charge in [0, 0.05) is 6.54 Å². The van der Waals surface area contributed by atoms with Gasteiger partial charge in [-0.2, -0.15) is 0 Å². The van der Waals surface area contributed by atoms with Gasteiger partial charge in [-0.15, -0.1) is 0 Å². The van der Waals surface area contributed by atoms with Crippen LogP contribution in [0.25, 0.3) is 0 Å². The highest BCUT2D eigenvalue weighted by molar-refractivity contribution is 5.68. The average molecular weight is 383 g/mol. The van der Waals surface area contributed by atoms with Crippen molar-refractivity contribution >= 4 is 6.09 Å². The van der Waals surface area contributed by atoms with Crippen molar-refractivity contribution in [3.05, 3.63) is 60.2 Å². The van der Waals surface area contributed by atoms with Gasteiger partial charge < -0.3 is 14.2 Å². The lowest BCUT2D eigenvalue weighted by Crippen LogP contribution is -2.47. The number of piperidine rings is 1. The monoisotopic (exact) mass is 383 g/mol. The molecule has 1 amide bonds. The van der Waals surface area contributed by atoms with Crippen molar-refractivity contribution in [2.75, 3.05) is 6.54 Å². The van der Waals surface area contributed by atoms with Crippen LogP contribution in [-0.2, 0) is 16.1 Å². The first-order valence-electron chi connectivity index (χ1n) is 9.84. The van der Waals surface area contributed by atoms with E-state index in [4.69, 9.17) is 14.2 Å². The molecule has 0 spiro atoms. The van der Waals surface area contributed by atoms with Crippen LogP contribution in [-0.4, -0.2) is 29.4 Å². The lowest BCUT2D eigenvalue weighted by Gasteiger charge is -2.36. The number of carbonyl (C=O) groups excluding carboxylic acids is 1. The molecule has 0 saturated carbocycles. The Labute approximate surface area is 167 Å². The Balaban J connectivity index is 1.55. The predicted molar refractivity (Wildman–Crippen MR) is 108 cm³/mol. The highest BCUT2D eigenvalue weighted by Crippen LogP contribution is 2.24. The molecule has 150 valence electrons. The smallest absolute Gasteiger partial charge is 0.412 e. The van der Waals surface area contributed by atoms with Crippen molar-refractivity contribution in [2.45, 2.75) is 58.5 Å². The van der Waals surface area contributed by atoms with E-state index in [1.807, 2.05) is 75.4 Å². The number of nitrogens with zero attached hydrogens (tertiary/aromatic N) is 1. The Bertz CT molecular complexity index is 752. The fourth-order valence-electron chi connectivity index (χ4n) is 3.07. The number of hydrogen-bond donors (Lipinski definition) is 0. The number of rotatable bonds is 5. The maximum atomic E-state index is 12.5. The van der Waals surface area contributed by atoms with Gasteiger partial charge in [-0.3, -0.25) is 4.90 Å². The number of carbonyl (C=O) groups is 1. The molecule has 5 heteroatoms. The van der Waals surface area contributed by atoms with E-state index in [-0.39, 0.29) is 12.3 Å². The van der Waals surface area contributed by atoms with E-state index in [1.165, 1.54) is 0 Å². The molecule has 1 aliphatic heterocycles. The van der Waals surface area contributed by atoms with Crippen LogP contribution in [0, 0.1) is 0 Å². The van der Waals surface area contributed by atoms with Gasteiger partial charge in [0.25, 0.3) is 0 Å². The Morgan fingerprint density at radius 3 is 2.36 bits per heavy atom. The third-order valence-corrected chi connectivity index (χ3v) is 4.42. The Kier molecular flexibility index (Phi) is 6.57. The second kappa shape index (κ2) is 9.11. The molecule has 1 unspecified atom stereocenters. The second-order valence-electron chi connectivity index (χ2n) is 7.99. The molecular formula is C23H29NO4. The van der Waals surface area contributed by atoms with E-state index in [2.05, 4.69) is 0 Å². The summed E-state index contributed by atoms with van der Waals surface area (Å²) in [5.41, 5.74) is 0.531. The first kappa shape index (κ1) is 20.2. The van der Waals surface area contributed by atoms with Gasteiger partial charge in [-0.25, -0.2) is 4.79 Å². The SMILES string of the molecule is CC(C)(C)OC(=O)N1CCCCC1OCc1ccc(Oc2ccccc2)cc1. The summed E-state index contributed by atoms with van der Waals surface area (Å²) < 4.78 is 17.4. The third kappa shape index (κ3) is 5.99. The molecule has 1 fully saturated rings. The van der Waals surface area contributed by atoms with Crippen LogP contribution in [0.3, 0.4) is 0 Å². The van der Waals surface area contributed by atoms with Crippen LogP contribution in [0.5, 0.6) is 11.5 Å². The number of ether oxygens (including phenoxy) is 3. The molecule has 5 nitrogen and oxygen atoms in total. The van der Waals surface area contributed by atoms with Crippen molar-refractivity contribution < 1.29 is 19.0 Å². The van der Waals surface area contributed by atoms with Gasteiger partial charge in [-0.1, -0.05) is 30.3 Å². The van der Waals surface area contributed by atoms with Crippen LogP contribution < -0.4 is 4.74 Å². The molecule has 1 atom stereocenters. The van der Waals surface area contributed by atoms with E-state index < -0.39 is 5.60 Å². The number of likely N-dealkylation sites (tertiary alicyclic amines) is 1. The Hall–Kier alpha value is -2.53. The quantitative estimate of drug-likeness (QED) is 0.660. The molecule has 2 aromatic carbocycles. The number of amides is 1. The van der Waals surface area contributed by atoms with Crippen LogP contribution in [0.2, 0.25) is 0 Å². The number of benzene rings is 2. The standard InChI is InChI=1S/C23H29NO4/c1-23(2,3)28-22(25)24-16-8-7-11-21(24)26-17-18-12-14-20(15-13-18)27-19-9-5-4-6-10-19/h4-6,9-10,12-15,21H,7-8,11,16-17H2,1-3H3. The molecule has 0 N–H and O–H groups in total. The topological polar surface area (TPSA) is 48.0 Å². The van der Waals surface area contributed by atoms with E-state index >= 15 is 0 Å². The minimum Gasteiger partial charge on any atom is -0.457 e. The summed E-state index contributed by atoms with van der Waals surface area (Å²) in [4.78, 5) is 14.2. The fourth-order valence-corrected chi connectivity index (χ4v) is 3.07. The normalized spacial score (nSPS) is 17.2. The van der Waals surface area contributed by atoms with E-state index in [0.717, 1.165) is 36.3 Å². The molecule has 1 aliphatic rings. The molecule has 1 saturated heterocycles. The van der Waals surface area contributed by atoms with Gasteiger partial charge in [-0.05, 0) is 69.9 Å². The van der Waals surface area contributed by atoms with E-state index in [9.17, 15) is 4.79 Å². The lowest BCUT2D eigenvalue weighted by atomic mass is 10.1. The van der Waals surface area contributed by atoms with Gasteiger partial charge >= 0.3 is 6.09 Å². The zero-order chi connectivity index (χ0) is 20.0. The molecular weight excluding hydrogens is 354 g/mol. The maximum absolute atomic E-state index is 12.5. The largest absolute Gasteiger partial charge is 0.457 e. The number of hydrogen-bond acceptors (Lipinski definition) is 4. The summed E-state index contributed by atoms with van der Waals surface area (Å²) in [6.07, 6.45) is 2.31. The maximum Gasteiger partial charge on any atom is 0.412 e. The molecule has 0 aliphatic carbocycles. The van der Waals surface area contributed by atoms with Crippen molar-refractivity contribution in [1.82, 2.24) is 4.90 Å². The highest BCUT2D eigenvalue weighted by atomic mass is 16.6. The molecule has 2 aromatic rings. The van der Waals surface area contributed by atoms with Gasteiger partial charge in [0.1, 0.15) is 23.3 Å². The van der Waals surface area contributed by atoms with Crippen LogP contribution in [0.1, 0.15) is 45.6 Å². The number of para-hydroxylation sites is 1. The minimum atomic E-state index is -0.506. The third-order valence-electron chi connectivity index (χ3n) is 4.42. The summed E-state index contributed by atoms with van der Waals surface area (Å²) in [5, 5.41) is 0. The second-order valence-corrected chi connectivity index (χ2v) is 7.99. The minimum absolute atomic E-state index is 0.246. The van der Waals surface area contributed by atoms with Crippen molar-refractivity contribution in [3.63, 3.8) is 0 Å². The molecule has 3 rings (SSSR count). The first-order valence-corrected chi connectivity index (χ1v) is 9.84. The average Bonchev–Trinajstić information content (AvgIpc) is 2.67. The summed E-state index contributed by atoms with van der Waals surface area (Å²) in [5.74, 6) is 1.59. The van der Waals surface area contributed by atoms with Crippen LogP contribution >= 0.6 is 0 Å². The Morgan fingerprint density at radius 1 is 1.00 bits per heavy atom. The zero-order valence-corrected chi connectivity index (χ0v) is 16.9. The van der Waals surface area contributed by atoms with Gasteiger partial charge in [0.15, 0.2) is 0 Å². The van der Waals surface area contributed by atoms with Crippen molar-refractivity contribution in [1.29, 1.82) is 0 Å². The first-order chi connectivity index (χ1) is 13.4. The predicted octanol–water partition coefficient (Wildman–Crippen LogP) is 5.74. The molecule has 0 bridgehead atoms. The summed E-state index contributed by atoms with van der Waals surface area (Å²) in [6.45, 7) is 6.75. The van der Waals surface area contributed by atoms with Crippen molar-refractivity contribution in [3.8, 4) is 11.5 Å². The van der Waals surface area contributed by atoms with E-state index in [0.29, 0.717) is 13.2 Å².